The largest absolute Gasteiger partial charge is 0.396 e. The zero-order valence-corrected chi connectivity index (χ0v) is 19.7. The second kappa shape index (κ2) is 10.0. The fourth-order valence-corrected chi connectivity index (χ4v) is 4.61. The first-order valence-corrected chi connectivity index (χ1v) is 11.8. The number of nitrogens with zero attached hydrogens (tertiary/aromatic N) is 2. The zero-order chi connectivity index (χ0) is 22.6. The van der Waals surface area contributed by atoms with Gasteiger partial charge in [-0.2, -0.15) is 0 Å². The number of allylic oxidation sites excluding steroid dienone is 2. The van der Waals surface area contributed by atoms with Gasteiger partial charge < -0.3 is 20.8 Å². The van der Waals surface area contributed by atoms with Crippen LogP contribution in [0, 0.1) is 5.41 Å². The summed E-state index contributed by atoms with van der Waals surface area (Å²) in [5.74, 6) is 0.594. The van der Waals surface area contributed by atoms with Gasteiger partial charge in [0.15, 0.2) is 0 Å². The molecule has 2 aromatic rings. The summed E-state index contributed by atoms with van der Waals surface area (Å²) in [4.78, 5) is 7.14. The number of nitrogens with two attached hydrogens (primary N) is 1. The smallest absolute Gasteiger partial charge is 0.129 e. The highest BCUT2D eigenvalue weighted by Gasteiger charge is 2.34. The molecule has 31 heavy (non-hydrogen) atoms. The molecule has 1 aliphatic rings. The second-order valence-corrected chi connectivity index (χ2v) is 9.32. The Balaban J connectivity index is 2.24. The maximum Gasteiger partial charge on any atom is 0.129 e. The lowest BCUT2D eigenvalue weighted by Crippen LogP contribution is -2.42. The second-order valence-electron chi connectivity index (χ2n) is 9.32. The van der Waals surface area contributed by atoms with Crippen molar-refractivity contribution in [2.75, 3.05) is 30.4 Å². The SMILES string of the molecule is CCCCC1=C(CC)Cc2c(N)nc3cc(CCC)ccc3c2N1CC(C)(CO)CO. The van der Waals surface area contributed by atoms with Crippen molar-refractivity contribution >= 4 is 22.4 Å². The van der Waals surface area contributed by atoms with Gasteiger partial charge in [0.1, 0.15) is 5.82 Å². The Morgan fingerprint density at radius 3 is 2.45 bits per heavy atom. The first kappa shape index (κ1) is 23.6. The zero-order valence-electron chi connectivity index (χ0n) is 19.7. The van der Waals surface area contributed by atoms with Crippen LogP contribution in [0.5, 0.6) is 0 Å². The molecule has 0 atom stereocenters. The van der Waals surface area contributed by atoms with E-state index < -0.39 is 5.41 Å². The number of aromatic nitrogens is 1. The van der Waals surface area contributed by atoms with E-state index in [1.165, 1.54) is 16.8 Å². The van der Waals surface area contributed by atoms with Gasteiger partial charge in [-0.3, -0.25) is 0 Å². The van der Waals surface area contributed by atoms with Crippen molar-refractivity contribution in [3.8, 4) is 0 Å². The lowest BCUT2D eigenvalue weighted by Gasteiger charge is -2.41. The van der Waals surface area contributed by atoms with Crippen LogP contribution in [0.15, 0.2) is 29.5 Å². The van der Waals surface area contributed by atoms with E-state index in [0.717, 1.165) is 67.1 Å². The van der Waals surface area contributed by atoms with Gasteiger partial charge >= 0.3 is 0 Å². The molecule has 1 aliphatic heterocycles. The molecule has 0 unspecified atom stereocenters. The first-order valence-electron chi connectivity index (χ1n) is 11.8. The fourth-order valence-electron chi connectivity index (χ4n) is 4.61. The van der Waals surface area contributed by atoms with E-state index in [4.69, 9.17) is 10.7 Å². The molecule has 0 radical (unpaired) electrons. The monoisotopic (exact) mass is 425 g/mol. The lowest BCUT2D eigenvalue weighted by atomic mass is 9.86. The molecular weight excluding hydrogens is 386 g/mol. The summed E-state index contributed by atoms with van der Waals surface area (Å²) in [7, 11) is 0. The minimum absolute atomic E-state index is 0.0724. The summed E-state index contributed by atoms with van der Waals surface area (Å²) < 4.78 is 0. The summed E-state index contributed by atoms with van der Waals surface area (Å²) in [6, 6.07) is 6.54. The van der Waals surface area contributed by atoms with Crippen LogP contribution in [0.25, 0.3) is 10.9 Å². The number of pyridine rings is 1. The summed E-state index contributed by atoms with van der Waals surface area (Å²) in [6.45, 7) is 8.94. The predicted molar refractivity (Wildman–Crippen MR) is 130 cm³/mol. The molecule has 2 heterocycles. The number of hydrogen-bond acceptors (Lipinski definition) is 5. The van der Waals surface area contributed by atoms with Crippen molar-refractivity contribution in [2.45, 2.75) is 72.6 Å². The van der Waals surface area contributed by atoms with E-state index in [1.54, 1.807) is 0 Å². The average Bonchev–Trinajstić information content (AvgIpc) is 2.78. The maximum absolute atomic E-state index is 10.1. The standard InChI is InChI=1S/C26H39N3O2/c1-5-8-10-23-19(7-3)14-21-24(29(23)15-26(4,16-30)17-31)20-12-11-18(9-6-2)13-22(20)28-25(21)27/h11-13,30-31H,5-10,14-17H2,1-4H3,(H2,27,28). The quantitative estimate of drug-likeness (QED) is 0.500. The van der Waals surface area contributed by atoms with Gasteiger partial charge in [-0.25, -0.2) is 4.98 Å². The number of anilines is 2. The van der Waals surface area contributed by atoms with Gasteiger partial charge in [0, 0.05) is 35.0 Å². The van der Waals surface area contributed by atoms with Gasteiger partial charge in [-0.05, 0) is 42.9 Å². The van der Waals surface area contributed by atoms with Crippen LogP contribution in [-0.4, -0.2) is 35.0 Å². The molecule has 0 amide bonds. The van der Waals surface area contributed by atoms with Crippen molar-refractivity contribution < 1.29 is 10.2 Å². The highest BCUT2D eigenvalue weighted by molar-refractivity contribution is 5.98. The highest BCUT2D eigenvalue weighted by atomic mass is 16.3. The molecule has 0 saturated heterocycles. The number of benzene rings is 1. The predicted octanol–water partition coefficient (Wildman–Crippen LogP) is 4.98. The van der Waals surface area contributed by atoms with Crippen LogP contribution in [0.2, 0.25) is 0 Å². The number of rotatable bonds is 10. The van der Waals surface area contributed by atoms with E-state index in [0.29, 0.717) is 12.4 Å². The van der Waals surface area contributed by atoms with E-state index in [-0.39, 0.29) is 13.2 Å². The van der Waals surface area contributed by atoms with Crippen molar-refractivity contribution in [3.05, 3.63) is 40.6 Å². The lowest BCUT2D eigenvalue weighted by molar-refractivity contribution is 0.0763. The Kier molecular flexibility index (Phi) is 7.60. The molecule has 5 heteroatoms. The molecule has 170 valence electrons. The van der Waals surface area contributed by atoms with Gasteiger partial charge in [-0.1, -0.05) is 52.7 Å². The molecule has 3 rings (SSSR count). The Hall–Kier alpha value is -2.11. The number of aliphatic hydroxyl groups excluding tert-OH is 2. The summed E-state index contributed by atoms with van der Waals surface area (Å²) in [5.41, 5.74) is 13.0. The maximum atomic E-state index is 10.1. The third kappa shape index (κ3) is 4.73. The average molecular weight is 426 g/mol. The van der Waals surface area contributed by atoms with Crippen LogP contribution in [-0.2, 0) is 12.8 Å². The topological polar surface area (TPSA) is 82.6 Å². The highest BCUT2D eigenvalue weighted by Crippen LogP contribution is 2.44. The third-order valence-corrected chi connectivity index (χ3v) is 6.58. The normalized spacial score (nSPS) is 14.5. The van der Waals surface area contributed by atoms with Gasteiger partial charge in [0.05, 0.1) is 24.4 Å². The molecule has 1 aromatic carbocycles. The van der Waals surface area contributed by atoms with Gasteiger partial charge in [-0.15, -0.1) is 0 Å². The van der Waals surface area contributed by atoms with Crippen molar-refractivity contribution in [3.63, 3.8) is 0 Å². The summed E-state index contributed by atoms with van der Waals surface area (Å²) in [6.07, 6.45) is 7.11. The molecule has 0 fully saturated rings. The minimum atomic E-state index is -0.614. The number of unbranched alkanes of at least 4 members (excludes halogenated alkanes) is 1. The number of hydrogen-bond donors (Lipinski definition) is 3. The van der Waals surface area contributed by atoms with Crippen molar-refractivity contribution in [1.29, 1.82) is 0 Å². The van der Waals surface area contributed by atoms with Crippen molar-refractivity contribution in [2.24, 2.45) is 5.41 Å². The molecule has 5 nitrogen and oxygen atoms in total. The number of aliphatic hydroxyl groups is 2. The molecule has 1 aromatic heterocycles. The third-order valence-electron chi connectivity index (χ3n) is 6.58. The molecular formula is C26H39N3O2. The van der Waals surface area contributed by atoms with Crippen molar-refractivity contribution in [1.82, 2.24) is 4.98 Å². The van der Waals surface area contributed by atoms with E-state index in [2.05, 4.69) is 43.9 Å². The van der Waals surface area contributed by atoms with E-state index in [9.17, 15) is 10.2 Å². The Morgan fingerprint density at radius 1 is 1.10 bits per heavy atom. The van der Waals surface area contributed by atoms with Crippen LogP contribution < -0.4 is 10.6 Å². The molecule has 0 aliphatic carbocycles. The van der Waals surface area contributed by atoms with Crippen LogP contribution >= 0.6 is 0 Å². The summed E-state index contributed by atoms with van der Waals surface area (Å²) >= 11 is 0. The molecule has 0 bridgehead atoms. The number of nitrogen functional groups attached to an aromatic ring is 1. The first-order chi connectivity index (χ1) is 14.9. The number of fused-ring (bicyclic) bond motifs is 3. The van der Waals surface area contributed by atoms with Crippen LogP contribution in [0.1, 0.15) is 70.9 Å². The van der Waals surface area contributed by atoms with E-state index >= 15 is 0 Å². The van der Waals surface area contributed by atoms with E-state index in [1.807, 2.05) is 6.92 Å². The van der Waals surface area contributed by atoms with Crippen LogP contribution in [0.3, 0.4) is 0 Å². The van der Waals surface area contributed by atoms with Gasteiger partial charge in [0.2, 0.25) is 0 Å². The Bertz CT molecular complexity index is 947. The molecule has 0 saturated carbocycles. The number of aryl methyl sites for hydroxylation is 1. The van der Waals surface area contributed by atoms with Crippen LogP contribution in [0.4, 0.5) is 11.5 Å². The van der Waals surface area contributed by atoms with Gasteiger partial charge in [0.25, 0.3) is 0 Å². The Morgan fingerprint density at radius 2 is 1.84 bits per heavy atom. The molecule has 4 N–H and O–H groups in total. The Labute approximate surface area is 187 Å². The molecule has 0 spiro atoms. The summed E-state index contributed by atoms with van der Waals surface area (Å²) in [5, 5.41) is 21.2. The minimum Gasteiger partial charge on any atom is -0.396 e. The fraction of sp³-hybridized carbons (Fsp3) is 0.577.